The monoisotopic (exact) mass is 225 g/mol. The van der Waals surface area contributed by atoms with Crippen LogP contribution in [0.5, 0.6) is 0 Å². The van der Waals surface area contributed by atoms with E-state index in [9.17, 15) is 9.90 Å². The molecular weight excluding hydrogens is 217 g/mol. The van der Waals surface area contributed by atoms with Gasteiger partial charge < -0.3 is 9.90 Å². The van der Waals surface area contributed by atoms with Crippen LogP contribution in [0.2, 0.25) is 0 Å². The van der Waals surface area contributed by atoms with E-state index in [-0.39, 0.29) is 29.6 Å². The number of carbonyl (C=O) groups is 1. The fraction of sp³-hybridized carbons (Fsp3) is 0.100. The van der Waals surface area contributed by atoms with Crippen LogP contribution >= 0.6 is 0 Å². The number of rotatable bonds is 1. The van der Waals surface area contributed by atoms with Crippen molar-refractivity contribution in [3.8, 4) is 11.3 Å². The molecule has 5 nitrogen and oxygen atoms in total. The Morgan fingerprint density at radius 3 is 2.44 bits per heavy atom. The van der Waals surface area contributed by atoms with Crippen molar-refractivity contribution in [1.82, 2.24) is 15.0 Å². The molecule has 0 aliphatic heterocycles. The Balaban J connectivity index is 0.00000128. The molecule has 0 aliphatic rings. The average Bonchev–Trinajstić information content (AvgIpc) is 2.68. The minimum Gasteiger partial charge on any atom is -0.528 e. The van der Waals surface area contributed by atoms with E-state index in [1.807, 2.05) is 31.2 Å². The minimum absolute atomic E-state index is 0. The summed E-state index contributed by atoms with van der Waals surface area (Å²) < 4.78 is 0.676. The second-order valence-corrected chi connectivity index (χ2v) is 3.18. The first-order valence-electron chi connectivity index (χ1n) is 4.37. The van der Waals surface area contributed by atoms with Crippen LogP contribution < -0.4 is 34.7 Å². The van der Waals surface area contributed by atoms with Crippen LogP contribution in [0.25, 0.3) is 11.3 Å². The molecule has 0 radical (unpaired) electrons. The van der Waals surface area contributed by atoms with E-state index in [1.54, 1.807) is 0 Å². The van der Waals surface area contributed by atoms with Crippen molar-refractivity contribution < 1.29 is 39.5 Å². The fourth-order valence-electron chi connectivity index (χ4n) is 1.21. The summed E-state index contributed by atoms with van der Waals surface area (Å²) >= 11 is 0. The molecule has 0 N–H and O–H groups in total. The number of aryl methyl sites for hydroxylation is 1. The number of nitrogens with zero attached hydrogens (tertiary/aromatic N) is 3. The summed E-state index contributed by atoms with van der Waals surface area (Å²) in [5, 5.41) is 17.6. The zero-order valence-corrected chi connectivity index (χ0v) is 11.0. The van der Waals surface area contributed by atoms with Gasteiger partial charge in [0.1, 0.15) is 5.69 Å². The van der Waals surface area contributed by atoms with Gasteiger partial charge >= 0.3 is 29.6 Å². The predicted molar refractivity (Wildman–Crippen MR) is 51.0 cm³/mol. The first kappa shape index (κ1) is 12.9. The molecule has 2 rings (SSSR count). The molecule has 0 fully saturated rings. The average molecular weight is 225 g/mol. The molecule has 1 aromatic heterocycles. The number of hydrogen-bond acceptors (Lipinski definition) is 4. The van der Waals surface area contributed by atoms with Crippen molar-refractivity contribution in [2.45, 2.75) is 6.92 Å². The Labute approximate surface area is 114 Å². The van der Waals surface area contributed by atoms with Crippen LogP contribution in [0.1, 0.15) is 5.56 Å². The van der Waals surface area contributed by atoms with Gasteiger partial charge in [-0.1, -0.05) is 35.0 Å². The molecular formula is C10H8N3NaO2. The van der Waals surface area contributed by atoms with Crippen LogP contribution in [-0.2, 0) is 0 Å². The van der Waals surface area contributed by atoms with E-state index in [0.717, 1.165) is 11.1 Å². The van der Waals surface area contributed by atoms with Crippen molar-refractivity contribution >= 4 is 6.09 Å². The van der Waals surface area contributed by atoms with Gasteiger partial charge in [-0.15, -0.1) is 5.10 Å². The molecule has 0 atom stereocenters. The number of carbonyl (C=O) groups excluding carboxylic acids is 1. The maximum absolute atomic E-state index is 10.4. The van der Waals surface area contributed by atoms with E-state index in [2.05, 4.69) is 10.3 Å². The molecule has 0 bridgehead atoms. The smallest absolute Gasteiger partial charge is 0.528 e. The summed E-state index contributed by atoms with van der Waals surface area (Å²) in [6.45, 7) is 1.97. The van der Waals surface area contributed by atoms with Gasteiger partial charge in [-0.2, -0.15) is 0 Å². The molecule has 0 amide bonds. The van der Waals surface area contributed by atoms with Crippen molar-refractivity contribution in [1.29, 1.82) is 0 Å². The molecule has 0 unspecified atom stereocenters. The quantitative estimate of drug-likeness (QED) is 0.501. The third-order valence-electron chi connectivity index (χ3n) is 2.03. The van der Waals surface area contributed by atoms with Gasteiger partial charge in [-0.3, -0.25) is 0 Å². The Hall–Kier alpha value is -1.17. The third-order valence-corrected chi connectivity index (χ3v) is 2.03. The number of hydrogen-bond donors (Lipinski definition) is 0. The van der Waals surface area contributed by atoms with Crippen molar-refractivity contribution in [2.24, 2.45) is 0 Å². The number of carboxylic acid groups (broad SMARTS) is 1. The first-order valence-corrected chi connectivity index (χ1v) is 4.37. The minimum atomic E-state index is -1.39. The van der Waals surface area contributed by atoms with Gasteiger partial charge in [0.15, 0.2) is 6.09 Å². The molecule has 6 heteroatoms. The molecule has 16 heavy (non-hydrogen) atoms. The van der Waals surface area contributed by atoms with E-state index in [1.165, 1.54) is 6.20 Å². The molecule has 1 aromatic carbocycles. The summed E-state index contributed by atoms with van der Waals surface area (Å²) in [5.74, 6) is 0. The Kier molecular flexibility index (Phi) is 4.23. The van der Waals surface area contributed by atoms with E-state index < -0.39 is 6.09 Å². The van der Waals surface area contributed by atoms with Crippen LogP contribution in [-0.4, -0.2) is 21.1 Å². The van der Waals surface area contributed by atoms with Crippen LogP contribution in [0.4, 0.5) is 4.79 Å². The molecule has 0 aliphatic carbocycles. The second kappa shape index (κ2) is 5.25. The van der Waals surface area contributed by atoms with Gasteiger partial charge in [0.2, 0.25) is 0 Å². The van der Waals surface area contributed by atoms with E-state index in [4.69, 9.17) is 0 Å². The summed E-state index contributed by atoms with van der Waals surface area (Å²) in [6, 6.07) is 7.57. The van der Waals surface area contributed by atoms with Crippen LogP contribution in [0, 0.1) is 6.92 Å². The normalized spacial score (nSPS) is 9.56. The standard InChI is InChI=1S/C10H9N3O2.Na/c1-7-2-4-8(5-3-7)9-6-13(10(14)15)12-11-9;/h2-6H,1H3,(H,14,15);/q;+1/p-1. The van der Waals surface area contributed by atoms with Gasteiger partial charge in [-0.25, -0.2) is 4.68 Å². The molecule has 0 spiro atoms. The van der Waals surface area contributed by atoms with Crippen LogP contribution in [0.3, 0.4) is 0 Å². The molecule has 2 aromatic rings. The Bertz CT molecular complexity index is 493. The predicted octanol–water partition coefficient (Wildman–Crippen LogP) is -2.55. The Morgan fingerprint density at radius 2 is 1.94 bits per heavy atom. The summed E-state index contributed by atoms with van der Waals surface area (Å²) in [4.78, 5) is 10.4. The summed E-state index contributed by atoms with van der Waals surface area (Å²) in [6.07, 6.45) is -0.0686. The van der Waals surface area contributed by atoms with Gasteiger partial charge in [0.25, 0.3) is 0 Å². The van der Waals surface area contributed by atoms with Gasteiger partial charge in [0.05, 0.1) is 6.20 Å². The number of aromatic nitrogens is 3. The Morgan fingerprint density at radius 1 is 1.31 bits per heavy atom. The van der Waals surface area contributed by atoms with Crippen LogP contribution in [0.15, 0.2) is 30.5 Å². The second-order valence-electron chi connectivity index (χ2n) is 3.18. The number of benzene rings is 1. The zero-order chi connectivity index (χ0) is 10.8. The van der Waals surface area contributed by atoms with Crippen molar-refractivity contribution in [3.63, 3.8) is 0 Å². The maximum Gasteiger partial charge on any atom is 1.00 e. The maximum atomic E-state index is 10.4. The van der Waals surface area contributed by atoms with E-state index in [0.29, 0.717) is 10.4 Å². The summed E-state index contributed by atoms with van der Waals surface area (Å²) in [5.41, 5.74) is 2.47. The SMILES string of the molecule is Cc1ccc(-c2cn(C(=O)[O-])nn2)cc1.[Na+]. The summed E-state index contributed by atoms with van der Waals surface area (Å²) in [7, 11) is 0. The van der Waals surface area contributed by atoms with Crippen molar-refractivity contribution in [3.05, 3.63) is 36.0 Å². The molecule has 0 saturated carbocycles. The van der Waals surface area contributed by atoms with Gasteiger partial charge in [-0.05, 0) is 6.92 Å². The van der Waals surface area contributed by atoms with E-state index >= 15 is 0 Å². The van der Waals surface area contributed by atoms with Crippen molar-refractivity contribution in [2.75, 3.05) is 0 Å². The first-order chi connectivity index (χ1) is 7.16. The third kappa shape index (κ3) is 2.69. The topological polar surface area (TPSA) is 70.8 Å². The molecule has 1 heterocycles. The molecule has 0 saturated heterocycles. The van der Waals surface area contributed by atoms with Gasteiger partial charge in [0, 0.05) is 5.56 Å². The largest absolute Gasteiger partial charge is 1.00 e. The molecule has 76 valence electrons. The zero-order valence-electron chi connectivity index (χ0n) is 9.04. The fourth-order valence-corrected chi connectivity index (χ4v) is 1.21.